The first-order chi connectivity index (χ1) is 9.65. The summed E-state index contributed by atoms with van der Waals surface area (Å²) in [4.78, 5) is 4.03. The molecule has 20 heavy (non-hydrogen) atoms. The molecule has 0 amide bonds. The average molecular weight is 289 g/mol. The number of hydrogen-bond acceptors (Lipinski definition) is 3. The van der Waals surface area contributed by atoms with Gasteiger partial charge in [-0.25, -0.2) is 4.39 Å². The first kappa shape index (κ1) is 12.7. The van der Waals surface area contributed by atoms with Gasteiger partial charge in [0.2, 0.25) is 0 Å². The molecule has 0 aliphatic carbocycles. The van der Waals surface area contributed by atoms with E-state index in [4.69, 9.17) is 22.1 Å². The number of anilines is 1. The molecule has 0 bridgehead atoms. The van der Waals surface area contributed by atoms with Gasteiger partial charge in [0.1, 0.15) is 11.6 Å². The molecule has 0 saturated carbocycles. The summed E-state index contributed by atoms with van der Waals surface area (Å²) in [5.74, 6) is 0.269. The summed E-state index contributed by atoms with van der Waals surface area (Å²) in [5, 5.41) is 1.81. The molecule has 0 aliphatic heterocycles. The van der Waals surface area contributed by atoms with Crippen LogP contribution in [0, 0.1) is 5.82 Å². The Hall–Kier alpha value is -2.33. The van der Waals surface area contributed by atoms with Gasteiger partial charge in [-0.15, -0.1) is 0 Å². The SMILES string of the molecule is Nc1c(Oc2ccc(Cl)c(F)c2)ccc2cnccc12. The molecule has 2 N–H and O–H groups in total. The lowest BCUT2D eigenvalue weighted by Gasteiger charge is -2.11. The molecule has 3 aromatic rings. The minimum Gasteiger partial charge on any atom is -0.455 e. The fourth-order valence-electron chi connectivity index (χ4n) is 1.93. The maximum atomic E-state index is 13.4. The van der Waals surface area contributed by atoms with Crippen LogP contribution in [-0.2, 0) is 0 Å². The zero-order valence-corrected chi connectivity index (χ0v) is 11.1. The van der Waals surface area contributed by atoms with Crippen molar-refractivity contribution >= 4 is 28.1 Å². The van der Waals surface area contributed by atoms with Crippen LogP contribution in [0.1, 0.15) is 0 Å². The van der Waals surface area contributed by atoms with Gasteiger partial charge in [0.25, 0.3) is 0 Å². The predicted octanol–water partition coefficient (Wildman–Crippen LogP) is 4.40. The molecule has 0 aliphatic rings. The van der Waals surface area contributed by atoms with Gasteiger partial charge in [0.05, 0.1) is 10.7 Å². The van der Waals surface area contributed by atoms with Gasteiger partial charge < -0.3 is 10.5 Å². The molecule has 100 valence electrons. The quantitative estimate of drug-likeness (QED) is 0.711. The maximum Gasteiger partial charge on any atom is 0.150 e. The number of benzene rings is 2. The zero-order valence-electron chi connectivity index (χ0n) is 10.3. The Morgan fingerprint density at radius 1 is 1.15 bits per heavy atom. The van der Waals surface area contributed by atoms with Gasteiger partial charge in [-0.2, -0.15) is 0 Å². The maximum absolute atomic E-state index is 13.4. The number of nitrogen functional groups attached to an aromatic ring is 1. The van der Waals surface area contributed by atoms with Crippen molar-refractivity contribution in [3.63, 3.8) is 0 Å². The molecule has 1 heterocycles. The first-order valence-corrected chi connectivity index (χ1v) is 6.28. The minimum atomic E-state index is -0.535. The standard InChI is InChI=1S/C15H10ClFN2O/c16-12-3-2-10(7-13(12)17)20-14-4-1-9-8-19-6-5-11(9)15(14)18/h1-8H,18H2. The summed E-state index contributed by atoms with van der Waals surface area (Å²) in [6, 6.07) is 9.62. The molecule has 2 aromatic carbocycles. The van der Waals surface area contributed by atoms with Crippen LogP contribution in [-0.4, -0.2) is 4.98 Å². The van der Waals surface area contributed by atoms with E-state index in [9.17, 15) is 4.39 Å². The largest absolute Gasteiger partial charge is 0.455 e. The van der Waals surface area contributed by atoms with Crippen molar-refractivity contribution < 1.29 is 9.13 Å². The Labute approximate surface area is 119 Å². The van der Waals surface area contributed by atoms with Crippen LogP contribution in [0.2, 0.25) is 5.02 Å². The van der Waals surface area contributed by atoms with Crippen LogP contribution in [0.25, 0.3) is 10.8 Å². The van der Waals surface area contributed by atoms with Crippen LogP contribution < -0.4 is 10.5 Å². The molecular formula is C15H10ClFN2O. The van der Waals surface area contributed by atoms with E-state index in [1.54, 1.807) is 30.6 Å². The third-order valence-corrected chi connectivity index (χ3v) is 3.25. The van der Waals surface area contributed by atoms with E-state index >= 15 is 0 Å². The molecule has 1 aromatic heterocycles. The van der Waals surface area contributed by atoms with Crippen molar-refractivity contribution in [3.05, 3.63) is 59.6 Å². The van der Waals surface area contributed by atoms with E-state index in [0.29, 0.717) is 17.2 Å². The summed E-state index contributed by atoms with van der Waals surface area (Å²) >= 11 is 5.63. The molecule has 0 fully saturated rings. The van der Waals surface area contributed by atoms with Crippen LogP contribution in [0.15, 0.2) is 48.8 Å². The highest BCUT2D eigenvalue weighted by molar-refractivity contribution is 6.30. The molecule has 0 radical (unpaired) electrons. The Morgan fingerprint density at radius 2 is 2.00 bits per heavy atom. The highest BCUT2D eigenvalue weighted by atomic mass is 35.5. The fourth-order valence-corrected chi connectivity index (χ4v) is 2.05. The lowest BCUT2D eigenvalue weighted by atomic mass is 10.1. The van der Waals surface area contributed by atoms with Gasteiger partial charge in [0.15, 0.2) is 5.75 Å². The Kier molecular flexibility index (Phi) is 3.16. The summed E-state index contributed by atoms with van der Waals surface area (Å²) in [7, 11) is 0. The number of ether oxygens (including phenoxy) is 1. The molecular weight excluding hydrogens is 279 g/mol. The number of halogens is 2. The highest BCUT2D eigenvalue weighted by Crippen LogP contribution is 2.34. The van der Waals surface area contributed by atoms with Crippen molar-refractivity contribution in [2.45, 2.75) is 0 Å². The second-order valence-electron chi connectivity index (χ2n) is 4.25. The summed E-state index contributed by atoms with van der Waals surface area (Å²) < 4.78 is 19.0. The van der Waals surface area contributed by atoms with E-state index in [-0.39, 0.29) is 5.02 Å². The third-order valence-electron chi connectivity index (χ3n) is 2.94. The normalized spacial score (nSPS) is 10.7. The second-order valence-corrected chi connectivity index (χ2v) is 4.66. The van der Waals surface area contributed by atoms with Gasteiger partial charge in [-0.1, -0.05) is 11.6 Å². The average Bonchev–Trinajstić information content (AvgIpc) is 2.46. The number of rotatable bonds is 2. The molecule has 0 saturated heterocycles. The molecule has 5 heteroatoms. The third kappa shape index (κ3) is 2.26. The number of fused-ring (bicyclic) bond motifs is 1. The number of nitrogens with two attached hydrogens (primary N) is 1. The van der Waals surface area contributed by atoms with E-state index in [2.05, 4.69) is 4.98 Å². The van der Waals surface area contributed by atoms with Crippen LogP contribution in [0.3, 0.4) is 0 Å². The molecule has 3 rings (SSSR count). The number of nitrogens with zero attached hydrogens (tertiary/aromatic N) is 1. The predicted molar refractivity (Wildman–Crippen MR) is 77.6 cm³/mol. The molecule has 0 unspecified atom stereocenters. The Morgan fingerprint density at radius 3 is 2.80 bits per heavy atom. The van der Waals surface area contributed by atoms with Crippen LogP contribution >= 0.6 is 11.6 Å². The Bertz CT molecular complexity index is 792. The zero-order chi connectivity index (χ0) is 14.1. The smallest absolute Gasteiger partial charge is 0.150 e. The topological polar surface area (TPSA) is 48.1 Å². The van der Waals surface area contributed by atoms with Crippen molar-refractivity contribution in [2.75, 3.05) is 5.73 Å². The van der Waals surface area contributed by atoms with Crippen molar-refractivity contribution in [1.29, 1.82) is 0 Å². The molecule has 0 atom stereocenters. The lowest BCUT2D eigenvalue weighted by Crippen LogP contribution is -1.94. The van der Waals surface area contributed by atoms with Gasteiger partial charge >= 0.3 is 0 Å². The summed E-state index contributed by atoms with van der Waals surface area (Å²) in [6.45, 7) is 0. The first-order valence-electron chi connectivity index (χ1n) is 5.90. The number of aromatic nitrogens is 1. The molecule has 3 nitrogen and oxygen atoms in total. The fraction of sp³-hybridized carbons (Fsp3) is 0. The van der Waals surface area contributed by atoms with Gasteiger partial charge in [-0.3, -0.25) is 4.98 Å². The van der Waals surface area contributed by atoms with Crippen LogP contribution in [0.5, 0.6) is 11.5 Å². The van der Waals surface area contributed by atoms with E-state index in [0.717, 1.165) is 10.8 Å². The van der Waals surface area contributed by atoms with Crippen LogP contribution in [0.4, 0.5) is 10.1 Å². The monoisotopic (exact) mass is 288 g/mol. The van der Waals surface area contributed by atoms with E-state index in [1.165, 1.54) is 12.1 Å². The number of hydrogen-bond donors (Lipinski definition) is 1. The van der Waals surface area contributed by atoms with Crippen molar-refractivity contribution in [2.24, 2.45) is 0 Å². The summed E-state index contributed by atoms with van der Waals surface area (Å²) in [5.41, 5.74) is 6.55. The number of pyridine rings is 1. The lowest BCUT2D eigenvalue weighted by molar-refractivity contribution is 0.479. The van der Waals surface area contributed by atoms with Gasteiger partial charge in [-0.05, 0) is 30.3 Å². The highest BCUT2D eigenvalue weighted by Gasteiger charge is 2.08. The molecule has 0 spiro atoms. The summed E-state index contributed by atoms with van der Waals surface area (Å²) in [6.07, 6.45) is 3.38. The minimum absolute atomic E-state index is 0.0508. The van der Waals surface area contributed by atoms with E-state index in [1.807, 2.05) is 6.07 Å². The Balaban J connectivity index is 2.02. The van der Waals surface area contributed by atoms with E-state index < -0.39 is 5.82 Å². The second kappa shape index (κ2) is 4.98. The van der Waals surface area contributed by atoms with Crippen molar-refractivity contribution in [3.8, 4) is 11.5 Å². The van der Waals surface area contributed by atoms with Gasteiger partial charge in [0, 0.05) is 29.2 Å². The van der Waals surface area contributed by atoms with Crippen molar-refractivity contribution in [1.82, 2.24) is 4.98 Å².